The molecular weight excluding hydrogens is 394 g/mol. The fourth-order valence-electron chi connectivity index (χ4n) is 3.17. The van der Waals surface area contributed by atoms with E-state index in [-0.39, 0.29) is 18.3 Å². The predicted molar refractivity (Wildman–Crippen MR) is 116 cm³/mol. The van der Waals surface area contributed by atoms with Crippen LogP contribution < -0.4 is 14.8 Å². The van der Waals surface area contributed by atoms with Crippen LogP contribution in [0.3, 0.4) is 0 Å². The molecule has 0 aliphatic carbocycles. The number of nitrogens with one attached hydrogen (secondary N) is 1. The van der Waals surface area contributed by atoms with Crippen molar-refractivity contribution in [1.82, 2.24) is 9.78 Å². The maximum atomic E-state index is 12.7. The van der Waals surface area contributed by atoms with Gasteiger partial charge in [-0.15, -0.1) is 0 Å². The van der Waals surface area contributed by atoms with Crippen molar-refractivity contribution in [3.05, 3.63) is 95.6 Å². The fraction of sp³-hybridized carbons (Fsp3) is 0.167. The summed E-state index contributed by atoms with van der Waals surface area (Å²) in [6.45, 7) is 2.62. The van der Waals surface area contributed by atoms with Crippen LogP contribution in [-0.4, -0.2) is 22.8 Å². The second-order valence-electron chi connectivity index (χ2n) is 6.97. The third-order valence-electron chi connectivity index (χ3n) is 4.64. The van der Waals surface area contributed by atoms with Crippen molar-refractivity contribution in [2.75, 3.05) is 12.4 Å². The second-order valence-corrected chi connectivity index (χ2v) is 6.97. The lowest BCUT2D eigenvalue weighted by atomic mass is 10.2. The van der Waals surface area contributed by atoms with Crippen LogP contribution in [0.4, 0.5) is 5.82 Å². The van der Waals surface area contributed by atoms with Gasteiger partial charge >= 0.3 is 0 Å². The summed E-state index contributed by atoms with van der Waals surface area (Å²) < 4.78 is 18.5. The monoisotopic (exact) mass is 417 g/mol. The number of benzene rings is 2. The number of hydrogen-bond donors (Lipinski definition) is 1. The molecule has 0 spiro atoms. The molecule has 0 saturated carbocycles. The molecule has 1 N–H and O–H groups in total. The molecule has 0 atom stereocenters. The van der Waals surface area contributed by atoms with Gasteiger partial charge in [0.15, 0.2) is 17.3 Å². The Morgan fingerprint density at radius 1 is 1.03 bits per heavy atom. The molecule has 0 unspecified atom stereocenters. The van der Waals surface area contributed by atoms with Gasteiger partial charge in [-0.1, -0.05) is 42.5 Å². The SMILES string of the molecule is COc1ccccc1OCc1ccc(C(=O)Nc2cc(C)nn2Cc2ccccc2)o1. The zero-order valence-corrected chi connectivity index (χ0v) is 17.4. The number of aromatic nitrogens is 2. The lowest BCUT2D eigenvalue weighted by Gasteiger charge is -2.09. The molecular formula is C24H23N3O4. The molecule has 1 amide bonds. The number of furan rings is 1. The minimum absolute atomic E-state index is 0.179. The molecule has 0 radical (unpaired) electrons. The van der Waals surface area contributed by atoms with Gasteiger partial charge in [0.1, 0.15) is 18.2 Å². The Labute approximate surface area is 180 Å². The number of methoxy groups -OCH3 is 1. The summed E-state index contributed by atoms with van der Waals surface area (Å²) in [4.78, 5) is 12.7. The van der Waals surface area contributed by atoms with Gasteiger partial charge in [0, 0.05) is 6.07 Å². The maximum Gasteiger partial charge on any atom is 0.292 e. The topological polar surface area (TPSA) is 78.5 Å². The first-order valence-corrected chi connectivity index (χ1v) is 9.86. The summed E-state index contributed by atoms with van der Waals surface area (Å²) in [6, 6.07) is 22.5. The average molecular weight is 417 g/mol. The summed E-state index contributed by atoms with van der Waals surface area (Å²) >= 11 is 0. The van der Waals surface area contributed by atoms with Gasteiger partial charge in [-0.2, -0.15) is 5.10 Å². The minimum Gasteiger partial charge on any atom is -0.493 e. The molecule has 0 bridgehead atoms. The van der Waals surface area contributed by atoms with Crippen LogP contribution in [0.2, 0.25) is 0 Å². The second kappa shape index (κ2) is 9.21. The summed E-state index contributed by atoms with van der Waals surface area (Å²) in [7, 11) is 1.59. The van der Waals surface area contributed by atoms with Crippen LogP contribution in [0, 0.1) is 6.92 Å². The van der Waals surface area contributed by atoms with Crippen molar-refractivity contribution < 1.29 is 18.7 Å². The number of aryl methyl sites for hydroxylation is 1. The van der Waals surface area contributed by atoms with E-state index < -0.39 is 0 Å². The zero-order chi connectivity index (χ0) is 21.6. The van der Waals surface area contributed by atoms with Crippen LogP contribution >= 0.6 is 0 Å². The molecule has 7 nitrogen and oxygen atoms in total. The third-order valence-corrected chi connectivity index (χ3v) is 4.64. The maximum absolute atomic E-state index is 12.7. The Morgan fingerprint density at radius 3 is 2.55 bits per heavy atom. The zero-order valence-electron chi connectivity index (χ0n) is 17.4. The molecule has 2 aromatic heterocycles. The van der Waals surface area contributed by atoms with Crippen molar-refractivity contribution in [1.29, 1.82) is 0 Å². The smallest absolute Gasteiger partial charge is 0.292 e. The van der Waals surface area contributed by atoms with E-state index in [1.54, 1.807) is 23.9 Å². The fourth-order valence-corrected chi connectivity index (χ4v) is 3.17. The van der Waals surface area contributed by atoms with E-state index in [4.69, 9.17) is 13.9 Å². The molecule has 2 aromatic carbocycles. The molecule has 0 saturated heterocycles. The molecule has 158 valence electrons. The van der Waals surface area contributed by atoms with E-state index in [2.05, 4.69) is 10.4 Å². The van der Waals surface area contributed by atoms with E-state index >= 15 is 0 Å². The summed E-state index contributed by atoms with van der Waals surface area (Å²) in [5.41, 5.74) is 1.91. The lowest BCUT2D eigenvalue weighted by molar-refractivity contribution is 0.0991. The number of carbonyl (C=O) groups is 1. The quantitative estimate of drug-likeness (QED) is 0.451. The van der Waals surface area contributed by atoms with Gasteiger partial charge in [-0.25, -0.2) is 4.68 Å². The highest BCUT2D eigenvalue weighted by atomic mass is 16.5. The number of rotatable bonds is 8. The third kappa shape index (κ3) is 4.95. The van der Waals surface area contributed by atoms with Gasteiger partial charge in [0.05, 0.1) is 19.3 Å². The van der Waals surface area contributed by atoms with Crippen LogP contribution in [0.5, 0.6) is 11.5 Å². The summed E-state index contributed by atoms with van der Waals surface area (Å²) in [6.07, 6.45) is 0. The Kier molecular flexibility index (Phi) is 6.03. The molecule has 4 rings (SSSR count). The number of carbonyl (C=O) groups excluding carboxylic acids is 1. The Balaban J connectivity index is 1.41. The Hall–Kier alpha value is -4.00. The number of amides is 1. The van der Waals surface area contributed by atoms with Gasteiger partial charge in [0.25, 0.3) is 5.91 Å². The van der Waals surface area contributed by atoms with Crippen molar-refractivity contribution in [3.8, 4) is 11.5 Å². The number of nitrogens with zero attached hydrogens (tertiary/aromatic N) is 2. The normalized spacial score (nSPS) is 10.6. The van der Waals surface area contributed by atoms with Gasteiger partial charge in [-0.3, -0.25) is 4.79 Å². The molecule has 2 heterocycles. The van der Waals surface area contributed by atoms with Crippen LogP contribution in [0.1, 0.15) is 27.6 Å². The molecule has 0 fully saturated rings. The number of ether oxygens (including phenoxy) is 2. The number of para-hydroxylation sites is 2. The number of anilines is 1. The van der Waals surface area contributed by atoms with Crippen LogP contribution in [0.15, 0.2) is 77.2 Å². The molecule has 0 aliphatic rings. The van der Waals surface area contributed by atoms with Crippen molar-refractivity contribution in [2.45, 2.75) is 20.1 Å². The average Bonchev–Trinajstić information content (AvgIpc) is 3.39. The van der Waals surface area contributed by atoms with Crippen molar-refractivity contribution in [3.63, 3.8) is 0 Å². The molecule has 4 aromatic rings. The van der Waals surface area contributed by atoms with E-state index in [1.165, 1.54) is 0 Å². The highest BCUT2D eigenvalue weighted by Gasteiger charge is 2.15. The molecule has 7 heteroatoms. The van der Waals surface area contributed by atoms with Gasteiger partial charge in [-0.05, 0) is 36.8 Å². The molecule has 0 aliphatic heterocycles. The van der Waals surface area contributed by atoms with Gasteiger partial charge in [0.2, 0.25) is 0 Å². The Morgan fingerprint density at radius 2 is 1.77 bits per heavy atom. The largest absolute Gasteiger partial charge is 0.493 e. The van der Waals surface area contributed by atoms with Crippen molar-refractivity contribution in [2.24, 2.45) is 0 Å². The first kappa shape index (κ1) is 20.3. The van der Waals surface area contributed by atoms with Crippen LogP contribution in [0.25, 0.3) is 0 Å². The number of hydrogen-bond acceptors (Lipinski definition) is 5. The van der Waals surface area contributed by atoms with E-state index in [9.17, 15) is 4.79 Å². The standard InChI is InChI=1S/C24H23N3O4/c1-17-14-23(27(26-17)15-18-8-4-3-5-9-18)25-24(28)22-13-12-19(31-22)16-30-21-11-7-6-10-20(21)29-2/h3-14H,15-16H2,1-2H3,(H,25,28). The summed E-state index contributed by atoms with van der Waals surface area (Å²) in [5, 5.41) is 7.36. The molecule has 31 heavy (non-hydrogen) atoms. The lowest BCUT2D eigenvalue weighted by Crippen LogP contribution is -2.15. The highest BCUT2D eigenvalue weighted by molar-refractivity contribution is 6.01. The first-order chi connectivity index (χ1) is 15.1. The first-order valence-electron chi connectivity index (χ1n) is 9.86. The van der Waals surface area contributed by atoms with Gasteiger partial charge < -0.3 is 19.2 Å². The van der Waals surface area contributed by atoms with E-state index in [0.717, 1.165) is 11.3 Å². The minimum atomic E-state index is -0.349. The van der Waals surface area contributed by atoms with Crippen LogP contribution in [-0.2, 0) is 13.2 Å². The predicted octanol–water partition coefficient (Wildman–Crippen LogP) is 4.67. The summed E-state index contributed by atoms with van der Waals surface area (Å²) in [5.74, 6) is 2.22. The highest BCUT2D eigenvalue weighted by Crippen LogP contribution is 2.27. The van der Waals surface area contributed by atoms with Crippen molar-refractivity contribution >= 4 is 11.7 Å². The Bertz CT molecular complexity index is 1160. The van der Waals surface area contributed by atoms with E-state index in [0.29, 0.717) is 29.6 Å². The van der Waals surface area contributed by atoms with E-state index in [1.807, 2.05) is 67.6 Å².